The lowest BCUT2D eigenvalue weighted by Crippen LogP contribution is -2.23. The van der Waals surface area contributed by atoms with Gasteiger partial charge in [0.25, 0.3) is 0 Å². The maximum atomic E-state index is 13.6. The minimum absolute atomic E-state index is 0.0683. The minimum atomic E-state index is -0.362. The van der Waals surface area contributed by atoms with E-state index in [9.17, 15) is 9.59 Å². The molecule has 0 aliphatic carbocycles. The van der Waals surface area contributed by atoms with Crippen LogP contribution in [0.4, 0.5) is 0 Å². The highest BCUT2D eigenvalue weighted by Crippen LogP contribution is 2.49. The number of rotatable bonds is 3. The van der Waals surface area contributed by atoms with Crippen LogP contribution < -0.4 is 9.47 Å². The first-order chi connectivity index (χ1) is 19.1. The van der Waals surface area contributed by atoms with Crippen molar-refractivity contribution in [1.29, 1.82) is 0 Å². The molecule has 0 fully saturated rings. The third-order valence-corrected chi connectivity index (χ3v) is 8.39. The Hall–Kier alpha value is -4.18. The number of benzene rings is 4. The minimum Gasteiger partial charge on any atom is -0.484 e. The first-order valence-electron chi connectivity index (χ1n) is 13.9. The van der Waals surface area contributed by atoms with E-state index in [2.05, 4.69) is 13.0 Å². The second-order valence-corrected chi connectivity index (χ2v) is 11.4. The molecule has 0 aromatic heterocycles. The van der Waals surface area contributed by atoms with Crippen molar-refractivity contribution in [2.24, 2.45) is 0 Å². The van der Waals surface area contributed by atoms with E-state index >= 15 is 0 Å². The summed E-state index contributed by atoms with van der Waals surface area (Å²) in [5.41, 5.74) is 11.2. The van der Waals surface area contributed by atoms with Gasteiger partial charge in [0.2, 0.25) is 0 Å². The molecular weight excluding hydrogens is 496 g/mol. The lowest BCUT2D eigenvalue weighted by atomic mass is 9.82. The van der Waals surface area contributed by atoms with E-state index in [0.29, 0.717) is 29.0 Å². The van der Waals surface area contributed by atoms with Crippen LogP contribution in [0.3, 0.4) is 0 Å². The number of fused-ring (bicyclic) bond motifs is 2. The molecule has 4 nitrogen and oxygen atoms in total. The van der Waals surface area contributed by atoms with E-state index in [1.54, 1.807) is 0 Å². The number of hydrogen-bond acceptors (Lipinski definition) is 4. The van der Waals surface area contributed by atoms with Gasteiger partial charge in [0, 0.05) is 5.56 Å². The second-order valence-electron chi connectivity index (χ2n) is 11.4. The Morgan fingerprint density at radius 3 is 1.60 bits per heavy atom. The molecule has 2 unspecified atom stereocenters. The SMILES string of the molecule is Cc1ccc(C2CC(=O)c3c(cc(C)c(-c4c(C)cc(C)c5c4OC(c4ccc(C)cc4)CC5=O)c3C)O2)cc1. The lowest BCUT2D eigenvalue weighted by molar-refractivity contribution is 0.0838. The van der Waals surface area contributed by atoms with E-state index in [1.165, 1.54) is 5.56 Å². The van der Waals surface area contributed by atoms with Crippen LogP contribution in [0.25, 0.3) is 11.1 Å². The van der Waals surface area contributed by atoms with Crippen molar-refractivity contribution in [2.75, 3.05) is 0 Å². The van der Waals surface area contributed by atoms with Crippen LogP contribution in [0.2, 0.25) is 0 Å². The van der Waals surface area contributed by atoms with Crippen LogP contribution in [0, 0.1) is 41.5 Å². The Kier molecular flexibility index (Phi) is 6.37. The molecule has 0 saturated heterocycles. The fraction of sp³-hybridized carbons (Fsp3) is 0.278. The van der Waals surface area contributed by atoms with Gasteiger partial charge >= 0.3 is 0 Å². The van der Waals surface area contributed by atoms with Crippen molar-refractivity contribution in [3.63, 3.8) is 0 Å². The zero-order valence-corrected chi connectivity index (χ0v) is 24.0. The molecule has 0 spiro atoms. The van der Waals surface area contributed by atoms with Crippen LogP contribution in [-0.2, 0) is 0 Å². The Morgan fingerprint density at radius 2 is 1.02 bits per heavy atom. The van der Waals surface area contributed by atoms with E-state index in [4.69, 9.17) is 9.47 Å². The maximum Gasteiger partial charge on any atom is 0.170 e. The molecule has 202 valence electrons. The van der Waals surface area contributed by atoms with Crippen LogP contribution in [0.5, 0.6) is 11.5 Å². The first-order valence-corrected chi connectivity index (χ1v) is 13.9. The average Bonchev–Trinajstić information content (AvgIpc) is 2.90. The molecule has 2 aliphatic rings. The zero-order valence-electron chi connectivity index (χ0n) is 24.0. The highest BCUT2D eigenvalue weighted by molar-refractivity contribution is 6.07. The first kappa shape index (κ1) is 26.1. The molecule has 0 N–H and O–H groups in total. The molecule has 6 rings (SSSR count). The molecular formula is C36H34O4. The fourth-order valence-electron chi connectivity index (χ4n) is 6.35. The third-order valence-electron chi connectivity index (χ3n) is 8.39. The summed E-state index contributed by atoms with van der Waals surface area (Å²) in [6.45, 7) is 12.1. The van der Waals surface area contributed by atoms with Crippen molar-refractivity contribution in [1.82, 2.24) is 0 Å². The molecule has 4 aromatic rings. The zero-order chi connectivity index (χ0) is 28.3. The van der Waals surface area contributed by atoms with Gasteiger partial charge in [-0.2, -0.15) is 0 Å². The summed E-state index contributed by atoms with van der Waals surface area (Å²) in [7, 11) is 0. The smallest absolute Gasteiger partial charge is 0.170 e. The Labute approximate surface area is 236 Å². The van der Waals surface area contributed by atoms with Crippen molar-refractivity contribution < 1.29 is 19.1 Å². The summed E-state index contributed by atoms with van der Waals surface area (Å²) in [4.78, 5) is 27.2. The quantitative estimate of drug-likeness (QED) is 0.266. The van der Waals surface area contributed by atoms with Crippen molar-refractivity contribution in [3.8, 4) is 22.6 Å². The van der Waals surface area contributed by atoms with Crippen LogP contribution in [-0.4, -0.2) is 11.6 Å². The van der Waals surface area contributed by atoms with Crippen molar-refractivity contribution >= 4 is 11.6 Å². The van der Waals surface area contributed by atoms with Gasteiger partial charge in [-0.15, -0.1) is 0 Å². The van der Waals surface area contributed by atoms with Gasteiger partial charge in [0.05, 0.1) is 24.0 Å². The predicted molar refractivity (Wildman–Crippen MR) is 158 cm³/mol. The highest BCUT2D eigenvalue weighted by atomic mass is 16.5. The van der Waals surface area contributed by atoms with Gasteiger partial charge in [-0.25, -0.2) is 0 Å². The Balaban J connectivity index is 1.48. The van der Waals surface area contributed by atoms with Gasteiger partial charge in [-0.05, 0) is 86.6 Å². The summed E-state index contributed by atoms with van der Waals surface area (Å²) in [5.74, 6) is 1.39. The topological polar surface area (TPSA) is 52.6 Å². The van der Waals surface area contributed by atoms with Gasteiger partial charge in [-0.3, -0.25) is 9.59 Å². The number of carbonyl (C=O) groups is 2. The molecule has 2 atom stereocenters. The van der Waals surface area contributed by atoms with E-state index in [-0.39, 0.29) is 30.2 Å². The van der Waals surface area contributed by atoms with Gasteiger partial charge in [0.1, 0.15) is 23.7 Å². The average molecular weight is 531 g/mol. The third kappa shape index (κ3) is 4.32. The summed E-state index contributed by atoms with van der Waals surface area (Å²) < 4.78 is 13.1. The van der Waals surface area contributed by atoms with E-state index in [0.717, 1.165) is 50.1 Å². The number of ether oxygens (including phenoxy) is 2. The van der Waals surface area contributed by atoms with E-state index in [1.807, 2.05) is 89.2 Å². The number of aryl methyl sites for hydroxylation is 5. The van der Waals surface area contributed by atoms with Crippen LogP contribution >= 0.6 is 0 Å². The van der Waals surface area contributed by atoms with Crippen LogP contribution in [0.1, 0.15) is 90.3 Å². The van der Waals surface area contributed by atoms with Crippen LogP contribution in [0.15, 0.2) is 60.7 Å². The number of ketones is 2. The lowest BCUT2D eigenvalue weighted by Gasteiger charge is -2.32. The van der Waals surface area contributed by atoms with Gasteiger partial charge in [-0.1, -0.05) is 65.7 Å². The number of Topliss-reactive ketones (excluding diaryl/α,β-unsaturated/α-hetero) is 2. The largest absolute Gasteiger partial charge is 0.484 e. The van der Waals surface area contributed by atoms with E-state index < -0.39 is 0 Å². The number of hydrogen-bond donors (Lipinski definition) is 0. The van der Waals surface area contributed by atoms with Gasteiger partial charge in [0.15, 0.2) is 11.6 Å². The number of carbonyl (C=O) groups excluding carboxylic acids is 2. The Bertz CT molecular complexity index is 1680. The standard InChI is InChI=1S/C36H34O4/c1-19-7-11-25(12-8-19)29-18-28(38)35-24(6)32(23(5)16-31(35)39-29)34-22(4)15-21(3)33-27(37)17-30(40-36(33)34)26-13-9-20(2)10-14-26/h7-16,29-30H,17-18H2,1-6H3. The summed E-state index contributed by atoms with van der Waals surface area (Å²) in [6, 6.07) is 20.4. The summed E-state index contributed by atoms with van der Waals surface area (Å²) in [5, 5.41) is 0. The summed E-state index contributed by atoms with van der Waals surface area (Å²) in [6.07, 6.45) is -0.0854. The van der Waals surface area contributed by atoms with Gasteiger partial charge < -0.3 is 9.47 Å². The Morgan fingerprint density at radius 1 is 0.550 bits per heavy atom. The molecule has 0 bridgehead atoms. The predicted octanol–water partition coefficient (Wildman–Crippen LogP) is 8.62. The fourth-order valence-corrected chi connectivity index (χ4v) is 6.35. The second kappa shape index (κ2) is 9.78. The molecule has 0 radical (unpaired) electrons. The molecule has 4 aromatic carbocycles. The normalized spacial score (nSPS) is 18.1. The highest BCUT2D eigenvalue weighted by Gasteiger charge is 2.35. The van der Waals surface area contributed by atoms with Crippen molar-refractivity contribution in [3.05, 3.63) is 116 Å². The molecule has 2 aliphatic heterocycles. The molecule has 0 amide bonds. The molecule has 0 saturated carbocycles. The summed E-state index contributed by atoms with van der Waals surface area (Å²) >= 11 is 0. The monoisotopic (exact) mass is 530 g/mol. The maximum absolute atomic E-state index is 13.6. The van der Waals surface area contributed by atoms with Crippen molar-refractivity contribution in [2.45, 2.75) is 66.6 Å². The molecule has 2 heterocycles. The molecule has 4 heteroatoms. The molecule has 40 heavy (non-hydrogen) atoms.